The number of methoxy groups -OCH3 is 1. The minimum atomic E-state index is -0.650. The molecule has 1 fully saturated rings. The maximum absolute atomic E-state index is 12.8. The number of carbonyl (C=O) groups is 3. The van der Waals surface area contributed by atoms with E-state index in [-0.39, 0.29) is 18.2 Å². The van der Waals surface area contributed by atoms with Gasteiger partial charge in [-0.2, -0.15) is 0 Å². The summed E-state index contributed by atoms with van der Waals surface area (Å²) in [6, 6.07) is 8.28. The van der Waals surface area contributed by atoms with Crippen LogP contribution in [0.25, 0.3) is 10.9 Å². The standard InChI is InChI=1S/C20H19N3O5/c1-11-7-13(28-17(11)19(25)27-2)10-23-18(24)16(22-20(23)26)8-12-9-21-15-6-4-3-5-14(12)15/h3-7,9,16,21H,8,10H2,1-2H3,(H,22,26). The van der Waals surface area contributed by atoms with Crippen LogP contribution in [0, 0.1) is 6.92 Å². The van der Waals surface area contributed by atoms with Crippen LogP contribution in [-0.2, 0) is 22.5 Å². The van der Waals surface area contributed by atoms with Crippen LogP contribution in [0.2, 0.25) is 0 Å². The summed E-state index contributed by atoms with van der Waals surface area (Å²) in [6.45, 7) is 1.65. The van der Waals surface area contributed by atoms with Crippen LogP contribution in [0.1, 0.15) is 27.4 Å². The molecular formula is C20H19N3O5. The van der Waals surface area contributed by atoms with Crippen molar-refractivity contribution in [2.45, 2.75) is 25.9 Å². The van der Waals surface area contributed by atoms with Crippen LogP contribution in [0.4, 0.5) is 4.79 Å². The van der Waals surface area contributed by atoms with Gasteiger partial charge in [-0.3, -0.25) is 9.69 Å². The van der Waals surface area contributed by atoms with Crippen molar-refractivity contribution in [3.05, 3.63) is 59.2 Å². The average Bonchev–Trinajstić information content (AvgIpc) is 3.34. The molecule has 0 radical (unpaired) electrons. The van der Waals surface area contributed by atoms with Crippen LogP contribution >= 0.6 is 0 Å². The number of nitrogens with one attached hydrogen (secondary N) is 2. The highest BCUT2D eigenvalue weighted by molar-refractivity contribution is 6.04. The summed E-state index contributed by atoms with van der Waals surface area (Å²) in [6.07, 6.45) is 2.24. The molecular weight excluding hydrogens is 362 g/mol. The minimum absolute atomic E-state index is 0.0487. The highest BCUT2D eigenvalue weighted by atomic mass is 16.5. The Balaban J connectivity index is 1.51. The fraction of sp³-hybridized carbons (Fsp3) is 0.250. The van der Waals surface area contributed by atoms with Crippen molar-refractivity contribution in [1.29, 1.82) is 0 Å². The third-order valence-corrected chi connectivity index (χ3v) is 4.86. The molecule has 144 valence electrons. The van der Waals surface area contributed by atoms with E-state index in [1.165, 1.54) is 7.11 Å². The molecule has 0 saturated carbocycles. The number of amides is 3. The van der Waals surface area contributed by atoms with Gasteiger partial charge in [0.25, 0.3) is 5.91 Å². The number of rotatable bonds is 5. The molecule has 3 amide bonds. The van der Waals surface area contributed by atoms with Gasteiger partial charge in [-0.25, -0.2) is 9.59 Å². The largest absolute Gasteiger partial charge is 0.463 e. The van der Waals surface area contributed by atoms with E-state index in [2.05, 4.69) is 15.0 Å². The number of esters is 1. The molecule has 3 heterocycles. The fourth-order valence-corrected chi connectivity index (χ4v) is 3.46. The molecule has 8 heteroatoms. The Hall–Kier alpha value is -3.55. The van der Waals surface area contributed by atoms with Crippen LogP contribution in [-0.4, -0.2) is 40.9 Å². The Morgan fingerprint density at radius 3 is 2.86 bits per heavy atom. The minimum Gasteiger partial charge on any atom is -0.463 e. The Labute approximate surface area is 160 Å². The molecule has 1 saturated heterocycles. The monoisotopic (exact) mass is 381 g/mol. The summed E-state index contributed by atoms with van der Waals surface area (Å²) in [5.41, 5.74) is 2.52. The number of aryl methyl sites for hydroxylation is 1. The normalized spacial score (nSPS) is 16.6. The number of hydrogen-bond donors (Lipinski definition) is 2. The van der Waals surface area contributed by atoms with Crippen molar-refractivity contribution in [1.82, 2.24) is 15.2 Å². The number of imide groups is 1. The Morgan fingerprint density at radius 1 is 1.29 bits per heavy atom. The number of furan rings is 1. The Morgan fingerprint density at radius 2 is 2.07 bits per heavy atom. The lowest BCUT2D eigenvalue weighted by Gasteiger charge is -2.11. The van der Waals surface area contributed by atoms with Crippen LogP contribution in [0.15, 0.2) is 40.9 Å². The summed E-state index contributed by atoms with van der Waals surface area (Å²) in [5, 5.41) is 3.74. The number of para-hydroxylation sites is 1. The predicted octanol–water partition coefficient (Wildman–Crippen LogP) is 2.52. The molecule has 1 atom stereocenters. The van der Waals surface area contributed by atoms with E-state index in [4.69, 9.17) is 4.42 Å². The first kappa shape index (κ1) is 17.8. The number of benzene rings is 1. The van der Waals surface area contributed by atoms with E-state index in [9.17, 15) is 14.4 Å². The van der Waals surface area contributed by atoms with Crippen LogP contribution < -0.4 is 5.32 Å². The number of ether oxygens (including phenoxy) is 1. The van der Waals surface area contributed by atoms with Crippen molar-refractivity contribution in [3.8, 4) is 0 Å². The van der Waals surface area contributed by atoms with E-state index in [0.717, 1.165) is 21.4 Å². The van der Waals surface area contributed by atoms with Crippen molar-refractivity contribution in [2.75, 3.05) is 7.11 Å². The molecule has 0 aliphatic carbocycles. The quantitative estimate of drug-likeness (QED) is 0.522. The zero-order valence-corrected chi connectivity index (χ0v) is 15.4. The number of H-pyrrole nitrogens is 1. The van der Waals surface area contributed by atoms with Gasteiger partial charge in [-0.1, -0.05) is 18.2 Å². The summed E-state index contributed by atoms with van der Waals surface area (Å²) in [5.74, 6) is -0.517. The molecule has 2 N–H and O–H groups in total. The van der Waals surface area contributed by atoms with Crippen LogP contribution in [0.3, 0.4) is 0 Å². The summed E-state index contributed by atoms with van der Waals surface area (Å²) in [4.78, 5) is 41.0. The molecule has 8 nitrogen and oxygen atoms in total. The van der Waals surface area contributed by atoms with E-state index in [0.29, 0.717) is 17.7 Å². The van der Waals surface area contributed by atoms with Gasteiger partial charge < -0.3 is 19.5 Å². The van der Waals surface area contributed by atoms with Crippen molar-refractivity contribution < 1.29 is 23.5 Å². The van der Waals surface area contributed by atoms with Crippen molar-refractivity contribution in [3.63, 3.8) is 0 Å². The first-order chi connectivity index (χ1) is 13.5. The first-order valence-electron chi connectivity index (χ1n) is 8.82. The van der Waals surface area contributed by atoms with Gasteiger partial charge in [0.05, 0.1) is 13.7 Å². The number of fused-ring (bicyclic) bond motifs is 1. The molecule has 28 heavy (non-hydrogen) atoms. The summed E-state index contributed by atoms with van der Waals surface area (Å²) in [7, 11) is 1.26. The SMILES string of the molecule is COC(=O)c1oc(CN2C(=O)NC(Cc3c[nH]c4ccccc34)C2=O)cc1C. The number of aromatic amines is 1. The highest BCUT2D eigenvalue weighted by Gasteiger charge is 2.39. The van der Waals surface area contributed by atoms with E-state index in [1.54, 1.807) is 13.0 Å². The molecule has 3 aromatic rings. The van der Waals surface area contributed by atoms with Gasteiger partial charge in [-0.15, -0.1) is 0 Å². The number of aromatic nitrogens is 1. The highest BCUT2D eigenvalue weighted by Crippen LogP contribution is 2.23. The number of hydrogen-bond acceptors (Lipinski definition) is 5. The molecule has 1 aromatic carbocycles. The molecule has 0 bridgehead atoms. The fourth-order valence-electron chi connectivity index (χ4n) is 3.46. The zero-order valence-electron chi connectivity index (χ0n) is 15.4. The zero-order chi connectivity index (χ0) is 19.8. The lowest BCUT2D eigenvalue weighted by atomic mass is 10.1. The second-order valence-corrected chi connectivity index (χ2v) is 6.71. The molecule has 2 aromatic heterocycles. The van der Waals surface area contributed by atoms with Gasteiger partial charge in [0.15, 0.2) is 0 Å². The van der Waals surface area contributed by atoms with Crippen molar-refractivity contribution in [2.24, 2.45) is 0 Å². The summed E-state index contributed by atoms with van der Waals surface area (Å²) >= 11 is 0. The van der Waals surface area contributed by atoms with Gasteiger partial charge in [-0.05, 0) is 24.6 Å². The number of carbonyl (C=O) groups excluding carboxylic acids is 3. The molecule has 1 aliphatic heterocycles. The maximum Gasteiger partial charge on any atom is 0.374 e. The summed E-state index contributed by atoms with van der Waals surface area (Å²) < 4.78 is 10.1. The predicted molar refractivity (Wildman–Crippen MR) is 99.7 cm³/mol. The maximum atomic E-state index is 12.8. The third-order valence-electron chi connectivity index (χ3n) is 4.86. The van der Waals surface area contributed by atoms with Gasteiger partial charge in [0, 0.05) is 29.1 Å². The van der Waals surface area contributed by atoms with Crippen molar-refractivity contribution >= 4 is 28.8 Å². The van der Waals surface area contributed by atoms with Gasteiger partial charge in [0.2, 0.25) is 5.76 Å². The lowest BCUT2D eigenvalue weighted by molar-refractivity contribution is -0.128. The molecule has 1 unspecified atom stereocenters. The van der Waals surface area contributed by atoms with Crippen LogP contribution in [0.5, 0.6) is 0 Å². The lowest BCUT2D eigenvalue weighted by Crippen LogP contribution is -2.32. The first-order valence-corrected chi connectivity index (χ1v) is 8.82. The Bertz CT molecular complexity index is 1080. The van der Waals surface area contributed by atoms with Gasteiger partial charge >= 0.3 is 12.0 Å². The third kappa shape index (κ3) is 3.02. The smallest absolute Gasteiger partial charge is 0.374 e. The second-order valence-electron chi connectivity index (χ2n) is 6.71. The van der Waals surface area contributed by atoms with E-state index < -0.39 is 18.0 Å². The number of urea groups is 1. The molecule has 4 rings (SSSR count). The molecule has 1 aliphatic rings. The van der Waals surface area contributed by atoms with E-state index in [1.807, 2.05) is 30.5 Å². The van der Waals surface area contributed by atoms with E-state index >= 15 is 0 Å². The topological polar surface area (TPSA) is 105 Å². The number of nitrogens with zero attached hydrogens (tertiary/aromatic N) is 1. The molecule has 0 spiro atoms. The average molecular weight is 381 g/mol. The Kier molecular flexibility index (Phi) is 4.38. The van der Waals surface area contributed by atoms with Gasteiger partial charge in [0.1, 0.15) is 11.8 Å². The second kappa shape index (κ2) is 6.88.